The second kappa shape index (κ2) is 8.03. The molecule has 1 aromatic heterocycles. The van der Waals surface area contributed by atoms with Gasteiger partial charge in [0.15, 0.2) is 0 Å². The van der Waals surface area contributed by atoms with E-state index in [0.717, 1.165) is 16.9 Å². The van der Waals surface area contributed by atoms with E-state index in [9.17, 15) is 4.79 Å². The fourth-order valence-electron chi connectivity index (χ4n) is 2.61. The van der Waals surface area contributed by atoms with Gasteiger partial charge in [-0.05, 0) is 44.0 Å². The van der Waals surface area contributed by atoms with E-state index in [4.69, 9.17) is 4.74 Å². The summed E-state index contributed by atoms with van der Waals surface area (Å²) in [5.41, 5.74) is 2.25. The molecule has 0 aliphatic rings. The number of aromatic nitrogens is 3. The summed E-state index contributed by atoms with van der Waals surface area (Å²) in [6.07, 6.45) is 1.48. The van der Waals surface area contributed by atoms with Gasteiger partial charge in [0.1, 0.15) is 17.0 Å². The van der Waals surface area contributed by atoms with E-state index in [1.54, 1.807) is 4.68 Å². The van der Waals surface area contributed by atoms with Crippen LogP contribution in [-0.2, 0) is 13.1 Å². The first-order chi connectivity index (χ1) is 12.9. The highest BCUT2D eigenvalue weighted by molar-refractivity contribution is 5.92. The Bertz CT molecular complexity index is 881. The van der Waals surface area contributed by atoms with Gasteiger partial charge in [-0.3, -0.25) is 4.79 Å². The SMILES string of the molecule is CC(C)(C)Oc1ccc(CNC(=O)c2cnnn2Cc2ccccc2)cc1. The number of rotatable bonds is 6. The predicted octanol–water partition coefficient (Wildman–Crippen LogP) is 3.43. The average Bonchev–Trinajstić information content (AvgIpc) is 3.09. The van der Waals surface area contributed by atoms with Crippen molar-refractivity contribution < 1.29 is 9.53 Å². The van der Waals surface area contributed by atoms with Crippen LogP contribution in [0, 0.1) is 0 Å². The summed E-state index contributed by atoms with van der Waals surface area (Å²) < 4.78 is 7.41. The lowest BCUT2D eigenvalue weighted by Crippen LogP contribution is -2.26. The number of carbonyl (C=O) groups is 1. The summed E-state index contributed by atoms with van der Waals surface area (Å²) in [6.45, 7) is 6.95. The number of ether oxygens (including phenoxy) is 1. The lowest BCUT2D eigenvalue weighted by atomic mass is 10.1. The van der Waals surface area contributed by atoms with Gasteiger partial charge in [-0.2, -0.15) is 0 Å². The predicted molar refractivity (Wildman–Crippen MR) is 104 cm³/mol. The molecule has 0 atom stereocenters. The van der Waals surface area contributed by atoms with E-state index in [2.05, 4.69) is 15.6 Å². The van der Waals surface area contributed by atoms with Gasteiger partial charge in [0.2, 0.25) is 0 Å². The lowest BCUT2D eigenvalue weighted by Gasteiger charge is -2.21. The third kappa shape index (κ3) is 5.41. The lowest BCUT2D eigenvalue weighted by molar-refractivity contribution is 0.0940. The van der Waals surface area contributed by atoms with Crippen LogP contribution in [-0.4, -0.2) is 26.5 Å². The van der Waals surface area contributed by atoms with Crippen molar-refractivity contribution in [3.8, 4) is 5.75 Å². The standard InChI is InChI=1S/C21H24N4O2/c1-21(2,3)27-18-11-9-16(10-12-18)13-22-20(26)19-14-23-24-25(19)15-17-7-5-4-6-8-17/h4-12,14H,13,15H2,1-3H3,(H,22,26). The van der Waals surface area contributed by atoms with Gasteiger partial charge in [0.25, 0.3) is 5.91 Å². The summed E-state index contributed by atoms with van der Waals surface area (Å²) in [5.74, 6) is 0.605. The normalized spacial score (nSPS) is 11.2. The molecule has 27 heavy (non-hydrogen) atoms. The van der Waals surface area contributed by atoms with Crippen molar-refractivity contribution in [2.75, 3.05) is 0 Å². The zero-order chi connectivity index (χ0) is 19.3. The van der Waals surface area contributed by atoms with Crippen LogP contribution in [0.4, 0.5) is 0 Å². The topological polar surface area (TPSA) is 69.0 Å². The summed E-state index contributed by atoms with van der Waals surface area (Å²) >= 11 is 0. The van der Waals surface area contributed by atoms with E-state index in [0.29, 0.717) is 18.8 Å². The van der Waals surface area contributed by atoms with Crippen LogP contribution >= 0.6 is 0 Å². The first-order valence-corrected chi connectivity index (χ1v) is 8.89. The molecule has 0 aliphatic carbocycles. The number of benzene rings is 2. The summed E-state index contributed by atoms with van der Waals surface area (Å²) in [4.78, 5) is 12.5. The molecule has 0 fully saturated rings. The Balaban J connectivity index is 1.59. The monoisotopic (exact) mass is 364 g/mol. The molecule has 2 aromatic carbocycles. The minimum Gasteiger partial charge on any atom is -0.488 e. The summed E-state index contributed by atoms with van der Waals surface area (Å²) in [5, 5.41) is 10.8. The molecule has 1 heterocycles. The van der Waals surface area contributed by atoms with Crippen LogP contribution in [0.5, 0.6) is 5.75 Å². The highest BCUT2D eigenvalue weighted by Crippen LogP contribution is 2.18. The van der Waals surface area contributed by atoms with Crippen molar-refractivity contribution in [1.29, 1.82) is 0 Å². The van der Waals surface area contributed by atoms with E-state index in [1.165, 1.54) is 6.20 Å². The second-order valence-electron chi connectivity index (χ2n) is 7.30. The zero-order valence-electron chi connectivity index (χ0n) is 15.8. The fourth-order valence-corrected chi connectivity index (χ4v) is 2.61. The fraction of sp³-hybridized carbons (Fsp3) is 0.286. The molecule has 0 radical (unpaired) electrons. The molecule has 0 saturated carbocycles. The maximum absolute atomic E-state index is 12.5. The highest BCUT2D eigenvalue weighted by Gasteiger charge is 2.14. The highest BCUT2D eigenvalue weighted by atomic mass is 16.5. The van der Waals surface area contributed by atoms with Crippen LogP contribution in [0.3, 0.4) is 0 Å². The molecule has 6 nitrogen and oxygen atoms in total. The molecule has 0 bridgehead atoms. The van der Waals surface area contributed by atoms with Gasteiger partial charge >= 0.3 is 0 Å². The third-order valence-electron chi connectivity index (χ3n) is 3.83. The Labute approximate surface area is 159 Å². The van der Waals surface area contributed by atoms with Crippen LogP contribution < -0.4 is 10.1 Å². The van der Waals surface area contributed by atoms with Gasteiger partial charge < -0.3 is 10.1 Å². The van der Waals surface area contributed by atoms with Crippen LogP contribution in [0.2, 0.25) is 0 Å². The molecular formula is C21H24N4O2. The molecule has 1 N–H and O–H groups in total. The van der Waals surface area contributed by atoms with Crippen molar-refractivity contribution >= 4 is 5.91 Å². The molecule has 3 aromatic rings. The number of carbonyl (C=O) groups excluding carboxylic acids is 1. The quantitative estimate of drug-likeness (QED) is 0.727. The average molecular weight is 364 g/mol. The molecule has 0 spiro atoms. The van der Waals surface area contributed by atoms with Crippen LogP contribution in [0.1, 0.15) is 42.4 Å². The Kier molecular flexibility index (Phi) is 5.54. The van der Waals surface area contributed by atoms with E-state index < -0.39 is 0 Å². The Morgan fingerprint density at radius 2 is 1.74 bits per heavy atom. The molecule has 0 saturated heterocycles. The second-order valence-corrected chi connectivity index (χ2v) is 7.30. The van der Waals surface area contributed by atoms with Crippen molar-refractivity contribution in [3.63, 3.8) is 0 Å². The molecule has 6 heteroatoms. The minimum absolute atomic E-state index is 0.203. The number of amides is 1. The molecule has 1 amide bonds. The minimum atomic E-state index is -0.236. The smallest absolute Gasteiger partial charge is 0.271 e. The Morgan fingerprint density at radius 1 is 1.04 bits per heavy atom. The maximum Gasteiger partial charge on any atom is 0.271 e. The maximum atomic E-state index is 12.5. The molecular weight excluding hydrogens is 340 g/mol. The molecule has 0 aliphatic heterocycles. The third-order valence-corrected chi connectivity index (χ3v) is 3.83. The van der Waals surface area contributed by atoms with Gasteiger partial charge in [-0.1, -0.05) is 47.7 Å². The molecule has 3 rings (SSSR count). The van der Waals surface area contributed by atoms with E-state index in [-0.39, 0.29) is 11.5 Å². The van der Waals surface area contributed by atoms with Gasteiger partial charge in [0, 0.05) is 6.54 Å². The van der Waals surface area contributed by atoms with Crippen molar-refractivity contribution in [3.05, 3.63) is 77.6 Å². The Hall–Kier alpha value is -3.15. The zero-order valence-corrected chi connectivity index (χ0v) is 15.8. The van der Waals surface area contributed by atoms with Gasteiger partial charge in [-0.15, -0.1) is 5.10 Å². The van der Waals surface area contributed by atoms with E-state index >= 15 is 0 Å². The van der Waals surface area contributed by atoms with E-state index in [1.807, 2.05) is 75.4 Å². The summed E-state index contributed by atoms with van der Waals surface area (Å²) in [6, 6.07) is 17.6. The molecule has 0 unspecified atom stereocenters. The first kappa shape index (κ1) is 18.6. The van der Waals surface area contributed by atoms with Crippen molar-refractivity contribution in [2.24, 2.45) is 0 Å². The van der Waals surface area contributed by atoms with Crippen molar-refractivity contribution in [2.45, 2.75) is 39.5 Å². The number of nitrogens with zero attached hydrogens (tertiary/aromatic N) is 3. The number of hydrogen-bond donors (Lipinski definition) is 1. The number of hydrogen-bond acceptors (Lipinski definition) is 4. The first-order valence-electron chi connectivity index (χ1n) is 8.89. The van der Waals surface area contributed by atoms with Gasteiger partial charge in [0.05, 0.1) is 12.7 Å². The van der Waals surface area contributed by atoms with Crippen LogP contribution in [0.15, 0.2) is 60.8 Å². The van der Waals surface area contributed by atoms with Gasteiger partial charge in [-0.25, -0.2) is 4.68 Å². The van der Waals surface area contributed by atoms with Crippen molar-refractivity contribution in [1.82, 2.24) is 20.3 Å². The largest absolute Gasteiger partial charge is 0.488 e. The number of nitrogens with one attached hydrogen (secondary N) is 1. The van der Waals surface area contributed by atoms with Crippen LogP contribution in [0.25, 0.3) is 0 Å². The molecule has 140 valence electrons. The Morgan fingerprint density at radius 3 is 2.41 bits per heavy atom. The summed E-state index contributed by atoms with van der Waals surface area (Å²) in [7, 11) is 0.